The summed E-state index contributed by atoms with van der Waals surface area (Å²) in [5.74, 6) is -1.23. The number of thiophene rings is 1. The van der Waals surface area contributed by atoms with Crippen LogP contribution in [0.1, 0.15) is 59.3 Å². The maximum atomic E-state index is 13.8. The number of benzene rings is 1. The largest absolute Gasteiger partial charge is 0.491 e. The van der Waals surface area contributed by atoms with E-state index in [2.05, 4.69) is 9.88 Å². The number of ether oxygens (including phenoxy) is 1. The molecule has 1 aliphatic heterocycles. The highest BCUT2D eigenvalue weighted by Crippen LogP contribution is 2.41. The number of hydrogen-bond donors (Lipinski definition) is 1. The molecule has 1 fully saturated rings. The molecule has 4 heterocycles. The van der Waals surface area contributed by atoms with Crippen LogP contribution in [-0.4, -0.2) is 61.9 Å². The molecule has 0 unspecified atom stereocenters. The lowest BCUT2D eigenvalue weighted by Gasteiger charge is -2.47. The first-order chi connectivity index (χ1) is 21.7. The SMILES string of the molecule is Cc1cc(-c2cc(Cl)ccc2OCCn2c(C)nc3c(c2=O)C[C@](C)(N2CCC(C(F)(F)F)CC2)CC3)c2scc(C(=O)O)c2n1. The van der Waals surface area contributed by atoms with Crippen molar-refractivity contribution in [3.05, 3.63) is 73.4 Å². The van der Waals surface area contributed by atoms with Crippen molar-refractivity contribution in [1.82, 2.24) is 19.4 Å². The van der Waals surface area contributed by atoms with Crippen LogP contribution in [0.5, 0.6) is 5.75 Å². The van der Waals surface area contributed by atoms with Crippen molar-refractivity contribution >= 4 is 39.1 Å². The molecule has 0 saturated carbocycles. The molecule has 1 saturated heterocycles. The number of rotatable bonds is 7. The number of carboxylic acid groups (broad SMARTS) is 1. The minimum absolute atomic E-state index is 0.0736. The number of nitrogens with zero attached hydrogens (tertiary/aromatic N) is 4. The normalized spacial score (nSPS) is 19.4. The maximum absolute atomic E-state index is 13.8. The lowest BCUT2D eigenvalue weighted by atomic mass is 9.78. The number of carbonyl (C=O) groups is 1. The fourth-order valence-electron chi connectivity index (χ4n) is 6.85. The quantitative estimate of drug-likeness (QED) is 0.224. The van der Waals surface area contributed by atoms with Crippen LogP contribution in [0.3, 0.4) is 0 Å². The Kier molecular flexibility index (Phi) is 8.66. The number of carboxylic acids is 1. The van der Waals surface area contributed by atoms with Crippen LogP contribution in [0.4, 0.5) is 13.2 Å². The van der Waals surface area contributed by atoms with E-state index in [1.54, 1.807) is 42.0 Å². The van der Waals surface area contributed by atoms with Gasteiger partial charge < -0.3 is 9.84 Å². The first-order valence-electron chi connectivity index (χ1n) is 15.2. The Hall–Kier alpha value is -3.48. The summed E-state index contributed by atoms with van der Waals surface area (Å²) < 4.78 is 48.4. The number of fused-ring (bicyclic) bond motifs is 2. The molecule has 0 radical (unpaired) electrons. The van der Waals surface area contributed by atoms with Crippen LogP contribution in [-0.2, 0) is 19.4 Å². The molecule has 1 aromatic carbocycles. The predicted octanol–water partition coefficient (Wildman–Crippen LogP) is 7.09. The van der Waals surface area contributed by atoms with E-state index in [4.69, 9.17) is 21.3 Å². The van der Waals surface area contributed by atoms with Crippen molar-refractivity contribution in [3.63, 3.8) is 0 Å². The number of halogens is 4. The van der Waals surface area contributed by atoms with Gasteiger partial charge >= 0.3 is 12.1 Å². The zero-order valence-corrected chi connectivity index (χ0v) is 27.3. The summed E-state index contributed by atoms with van der Waals surface area (Å²) in [6.45, 7) is 6.72. The van der Waals surface area contributed by atoms with Crippen LogP contribution < -0.4 is 10.3 Å². The third-order valence-electron chi connectivity index (χ3n) is 9.40. The number of pyridine rings is 1. The minimum atomic E-state index is -4.17. The summed E-state index contributed by atoms with van der Waals surface area (Å²) in [4.78, 5) is 37.0. The van der Waals surface area contributed by atoms with Crippen LogP contribution >= 0.6 is 22.9 Å². The molecule has 0 amide bonds. The van der Waals surface area contributed by atoms with Gasteiger partial charge in [-0.1, -0.05) is 11.6 Å². The van der Waals surface area contributed by atoms with E-state index in [1.165, 1.54) is 11.3 Å². The fourth-order valence-corrected chi connectivity index (χ4v) is 8.04. The maximum Gasteiger partial charge on any atom is 0.391 e. The molecule has 244 valence electrons. The molecule has 13 heteroatoms. The highest BCUT2D eigenvalue weighted by Gasteiger charge is 2.45. The topological polar surface area (TPSA) is 97.6 Å². The molecule has 4 aromatic rings. The second-order valence-corrected chi connectivity index (χ2v) is 13.8. The van der Waals surface area contributed by atoms with Crippen molar-refractivity contribution in [3.8, 4) is 16.9 Å². The Morgan fingerprint density at radius 3 is 2.61 bits per heavy atom. The van der Waals surface area contributed by atoms with E-state index < -0.39 is 23.6 Å². The Bertz CT molecular complexity index is 1880. The van der Waals surface area contributed by atoms with Gasteiger partial charge in [0.1, 0.15) is 18.2 Å². The third kappa shape index (κ3) is 6.14. The average Bonchev–Trinajstić information content (AvgIpc) is 3.43. The number of piperidine rings is 1. The molecular formula is C33H34ClF3N4O4S. The van der Waals surface area contributed by atoms with Crippen molar-refractivity contribution < 1.29 is 27.8 Å². The molecule has 1 atom stereocenters. The Morgan fingerprint density at radius 1 is 1.17 bits per heavy atom. The molecule has 2 aliphatic rings. The third-order valence-corrected chi connectivity index (χ3v) is 10.6. The lowest BCUT2D eigenvalue weighted by molar-refractivity contribution is -0.188. The van der Waals surface area contributed by atoms with Gasteiger partial charge in [-0.25, -0.2) is 9.78 Å². The van der Waals surface area contributed by atoms with Gasteiger partial charge in [0.2, 0.25) is 0 Å². The van der Waals surface area contributed by atoms with Crippen molar-refractivity contribution in [2.75, 3.05) is 19.7 Å². The molecule has 0 bridgehead atoms. The zero-order chi connectivity index (χ0) is 33.0. The smallest absolute Gasteiger partial charge is 0.391 e. The average molecular weight is 675 g/mol. The van der Waals surface area contributed by atoms with Crippen LogP contribution in [0.2, 0.25) is 5.02 Å². The second kappa shape index (κ2) is 12.3. The van der Waals surface area contributed by atoms with E-state index in [1.807, 2.05) is 13.0 Å². The van der Waals surface area contributed by atoms with Crippen molar-refractivity contribution in [2.45, 2.75) is 71.1 Å². The molecule has 6 rings (SSSR count). The summed E-state index contributed by atoms with van der Waals surface area (Å²) in [6.07, 6.45) is -2.26. The molecular weight excluding hydrogens is 641 g/mol. The van der Waals surface area contributed by atoms with E-state index in [9.17, 15) is 27.9 Å². The van der Waals surface area contributed by atoms with Gasteiger partial charge in [-0.05, 0) is 90.2 Å². The number of aryl methyl sites for hydroxylation is 3. The molecule has 3 aromatic heterocycles. The van der Waals surface area contributed by atoms with Crippen LogP contribution in [0, 0.1) is 19.8 Å². The van der Waals surface area contributed by atoms with Gasteiger partial charge in [0, 0.05) is 38.3 Å². The Balaban J connectivity index is 1.22. The summed E-state index contributed by atoms with van der Waals surface area (Å²) in [7, 11) is 0. The summed E-state index contributed by atoms with van der Waals surface area (Å²) >= 11 is 7.68. The van der Waals surface area contributed by atoms with E-state index in [0.29, 0.717) is 69.6 Å². The summed E-state index contributed by atoms with van der Waals surface area (Å²) in [6, 6.07) is 7.09. The molecule has 1 N–H and O–H groups in total. The summed E-state index contributed by atoms with van der Waals surface area (Å²) in [5.41, 5.74) is 3.42. The first kappa shape index (κ1) is 32.5. The molecule has 1 aliphatic carbocycles. The number of aromatic nitrogens is 3. The van der Waals surface area contributed by atoms with Gasteiger partial charge in [0.25, 0.3) is 5.56 Å². The molecule has 0 spiro atoms. The van der Waals surface area contributed by atoms with Crippen molar-refractivity contribution in [2.24, 2.45) is 5.92 Å². The zero-order valence-electron chi connectivity index (χ0n) is 25.7. The van der Waals surface area contributed by atoms with E-state index in [0.717, 1.165) is 17.7 Å². The van der Waals surface area contributed by atoms with Gasteiger partial charge in [-0.3, -0.25) is 19.2 Å². The molecule has 46 heavy (non-hydrogen) atoms. The highest BCUT2D eigenvalue weighted by molar-refractivity contribution is 7.18. The van der Waals surface area contributed by atoms with Gasteiger partial charge in [0.15, 0.2) is 0 Å². The number of alkyl halides is 3. The van der Waals surface area contributed by atoms with E-state index in [-0.39, 0.29) is 37.1 Å². The monoisotopic (exact) mass is 674 g/mol. The second-order valence-electron chi connectivity index (χ2n) is 12.5. The number of aromatic carboxylic acids is 1. The number of likely N-dealkylation sites (tertiary alicyclic amines) is 1. The first-order valence-corrected chi connectivity index (χ1v) is 16.5. The lowest BCUT2D eigenvalue weighted by Crippen LogP contribution is -2.55. The standard InChI is InChI=1S/C33H34ClF3N4O4S/c1-18-14-23(29-28(38-18)25(17-46-29)31(43)44)22-15-21(34)4-5-27(22)45-13-12-41-19(2)39-26-6-9-32(3,16-24(26)30(41)42)40-10-7-20(8-11-40)33(35,36)37/h4-5,14-15,17,20H,6-13,16H2,1-3H3,(H,43,44)/t32-/m1/s1. The molecule has 8 nitrogen and oxygen atoms in total. The minimum Gasteiger partial charge on any atom is -0.491 e. The van der Waals surface area contributed by atoms with Crippen LogP contribution in [0.25, 0.3) is 21.3 Å². The Labute approximate surface area is 272 Å². The van der Waals surface area contributed by atoms with Crippen molar-refractivity contribution in [1.29, 1.82) is 0 Å². The predicted molar refractivity (Wildman–Crippen MR) is 171 cm³/mol. The highest BCUT2D eigenvalue weighted by atomic mass is 35.5. The summed E-state index contributed by atoms with van der Waals surface area (Å²) in [5, 5.41) is 11.7. The Morgan fingerprint density at radius 2 is 1.91 bits per heavy atom. The van der Waals surface area contributed by atoms with Gasteiger partial charge in [0.05, 0.1) is 33.9 Å². The van der Waals surface area contributed by atoms with E-state index >= 15 is 0 Å². The fraction of sp³-hybridized carbons (Fsp3) is 0.455. The van der Waals surface area contributed by atoms with Gasteiger partial charge in [-0.15, -0.1) is 11.3 Å². The van der Waals surface area contributed by atoms with Crippen LogP contribution in [0.15, 0.2) is 34.4 Å². The van der Waals surface area contributed by atoms with Gasteiger partial charge in [-0.2, -0.15) is 13.2 Å². The number of hydrogen-bond acceptors (Lipinski definition) is 7.